The standard InChI is InChI=1S/C13H20FNO.C2H2O4/c1-3-11(2)15-9-4-10-16-13-7-5-12(14)6-8-13;3-1(4)2(5)6/h5-8,11,15H,3-4,9-10H2,1-2H3;(H,3,4)(H,5,6). The quantitative estimate of drug-likeness (QED) is 0.527. The van der Waals surface area contributed by atoms with Gasteiger partial charge >= 0.3 is 11.9 Å². The van der Waals surface area contributed by atoms with Crippen molar-refractivity contribution in [3.8, 4) is 5.75 Å². The monoisotopic (exact) mass is 315 g/mol. The zero-order valence-corrected chi connectivity index (χ0v) is 12.7. The second-order valence-electron chi connectivity index (χ2n) is 4.53. The normalized spacial score (nSPS) is 11.0. The number of benzene rings is 1. The largest absolute Gasteiger partial charge is 0.494 e. The first-order valence-electron chi connectivity index (χ1n) is 6.94. The zero-order valence-electron chi connectivity index (χ0n) is 12.7. The molecule has 0 fully saturated rings. The van der Waals surface area contributed by atoms with E-state index in [1.807, 2.05) is 0 Å². The van der Waals surface area contributed by atoms with Gasteiger partial charge in [0.05, 0.1) is 6.61 Å². The molecule has 0 aromatic heterocycles. The van der Waals surface area contributed by atoms with Gasteiger partial charge in [-0.05, 0) is 50.6 Å². The molecule has 1 unspecified atom stereocenters. The number of nitrogens with one attached hydrogen (secondary N) is 1. The smallest absolute Gasteiger partial charge is 0.414 e. The topological polar surface area (TPSA) is 95.9 Å². The highest BCUT2D eigenvalue weighted by Crippen LogP contribution is 2.10. The van der Waals surface area contributed by atoms with Crippen LogP contribution in [0.4, 0.5) is 4.39 Å². The van der Waals surface area contributed by atoms with E-state index in [1.54, 1.807) is 12.1 Å². The Balaban J connectivity index is 0.000000626. The van der Waals surface area contributed by atoms with E-state index >= 15 is 0 Å². The van der Waals surface area contributed by atoms with Crippen molar-refractivity contribution < 1.29 is 28.9 Å². The lowest BCUT2D eigenvalue weighted by Crippen LogP contribution is -2.27. The van der Waals surface area contributed by atoms with Gasteiger partial charge in [0, 0.05) is 6.04 Å². The Morgan fingerprint density at radius 2 is 1.77 bits per heavy atom. The fraction of sp³-hybridized carbons (Fsp3) is 0.467. The number of hydrogen-bond donors (Lipinski definition) is 3. The average molecular weight is 315 g/mol. The molecule has 0 aliphatic rings. The summed E-state index contributed by atoms with van der Waals surface area (Å²) in [6.45, 7) is 5.94. The van der Waals surface area contributed by atoms with Crippen LogP contribution in [-0.2, 0) is 9.59 Å². The van der Waals surface area contributed by atoms with Crippen LogP contribution in [0, 0.1) is 5.82 Å². The van der Waals surface area contributed by atoms with Gasteiger partial charge in [0.2, 0.25) is 0 Å². The SMILES string of the molecule is CCC(C)NCCCOc1ccc(F)cc1.O=C(O)C(=O)O. The minimum Gasteiger partial charge on any atom is -0.494 e. The van der Waals surface area contributed by atoms with E-state index in [-0.39, 0.29) is 5.82 Å². The molecule has 1 aromatic rings. The Morgan fingerprint density at radius 1 is 1.23 bits per heavy atom. The van der Waals surface area contributed by atoms with Gasteiger partial charge in [-0.15, -0.1) is 0 Å². The molecule has 0 saturated heterocycles. The van der Waals surface area contributed by atoms with Gasteiger partial charge in [-0.2, -0.15) is 0 Å². The van der Waals surface area contributed by atoms with E-state index in [9.17, 15) is 4.39 Å². The number of carboxylic acid groups (broad SMARTS) is 2. The summed E-state index contributed by atoms with van der Waals surface area (Å²) in [5.74, 6) is -3.15. The van der Waals surface area contributed by atoms with Crippen molar-refractivity contribution in [2.75, 3.05) is 13.2 Å². The molecule has 0 radical (unpaired) electrons. The fourth-order valence-electron chi connectivity index (χ4n) is 1.29. The molecule has 6 nitrogen and oxygen atoms in total. The third kappa shape index (κ3) is 10.6. The second-order valence-corrected chi connectivity index (χ2v) is 4.53. The summed E-state index contributed by atoms with van der Waals surface area (Å²) in [4.78, 5) is 18.2. The highest BCUT2D eigenvalue weighted by molar-refractivity contribution is 6.27. The number of halogens is 1. The lowest BCUT2D eigenvalue weighted by Gasteiger charge is -2.11. The Morgan fingerprint density at radius 3 is 2.23 bits per heavy atom. The Hall–Kier alpha value is -2.15. The van der Waals surface area contributed by atoms with E-state index in [0.29, 0.717) is 12.6 Å². The van der Waals surface area contributed by atoms with Crippen molar-refractivity contribution in [3.05, 3.63) is 30.1 Å². The molecule has 124 valence electrons. The molecule has 0 heterocycles. The first-order chi connectivity index (χ1) is 10.4. The first-order valence-corrected chi connectivity index (χ1v) is 6.94. The summed E-state index contributed by atoms with van der Waals surface area (Å²) in [5, 5.41) is 18.2. The highest BCUT2D eigenvalue weighted by atomic mass is 19.1. The van der Waals surface area contributed by atoms with Crippen LogP contribution >= 0.6 is 0 Å². The number of aliphatic carboxylic acids is 2. The molecular formula is C15H22FNO5. The summed E-state index contributed by atoms with van der Waals surface area (Å²) in [5.41, 5.74) is 0. The van der Waals surface area contributed by atoms with Crippen LogP contribution in [0.15, 0.2) is 24.3 Å². The Kier molecular flexibility index (Phi) is 10.4. The van der Waals surface area contributed by atoms with Gasteiger partial charge in [-0.25, -0.2) is 14.0 Å². The molecule has 1 aromatic carbocycles. The highest BCUT2D eigenvalue weighted by Gasteiger charge is 2.04. The molecule has 1 rings (SSSR count). The van der Waals surface area contributed by atoms with Gasteiger partial charge < -0.3 is 20.3 Å². The maximum absolute atomic E-state index is 12.6. The number of carbonyl (C=O) groups is 2. The molecule has 0 amide bonds. The Labute approximate surface area is 128 Å². The van der Waals surface area contributed by atoms with Crippen LogP contribution in [0.25, 0.3) is 0 Å². The van der Waals surface area contributed by atoms with Crippen molar-refractivity contribution in [1.29, 1.82) is 0 Å². The van der Waals surface area contributed by atoms with Crippen LogP contribution in [-0.4, -0.2) is 41.3 Å². The van der Waals surface area contributed by atoms with Crippen LogP contribution in [0.3, 0.4) is 0 Å². The third-order valence-corrected chi connectivity index (χ3v) is 2.69. The number of ether oxygens (including phenoxy) is 1. The average Bonchev–Trinajstić information content (AvgIpc) is 2.49. The van der Waals surface area contributed by atoms with E-state index < -0.39 is 11.9 Å². The van der Waals surface area contributed by atoms with Crippen LogP contribution in [0.5, 0.6) is 5.75 Å². The summed E-state index contributed by atoms with van der Waals surface area (Å²) in [6.07, 6.45) is 2.10. The number of carboxylic acids is 2. The van der Waals surface area contributed by atoms with E-state index in [4.69, 9.17) is 24.5 Å². The van der Waals surface area contributed by atoms with Gasteiger partial charge in [0.25, 0.3) is 0 Å². The zero-order chi connectivity index (χ0) is 17.0. The van der Waals surface area contributed by atoms with Crippen LogP contribution < -0.4 is 10.1 Å². The maximum atomic E-state index is 12.6. The van der Waals surface area contributed by atoms with Crippen molar-refractivity contribution in [1.82, 2.24) is 5.32 Å². The van der Waals surface area contributed by atoms with Crippen molar-refractivity contribution in [3.63, 3.8) is 0 Å². The lowest BCUT2D eigenvalue weighted by atomic mass is 10.2. The molecule has 0 spiro atoms. The molecule has 0 saturated carbocycles. The van der Waals surface area contributed by atoms with Crippen molar-refractivity contribution >= 4 is 11.9 Å². The molecule has 0 aliphatic carbocycles. The number of rotatable bonds is 7. The summed E-state index contributed by atoms with van der Waals surface area (Å²) < 4.78 is 18.1. The molecular weight excluding hydrogens is 293 g/mol. The van der Waals surface area contributed by atoms with Crippen molar-refractivity contribution in [2.45, 2.75) is 32.7 Å². The number of hydrogen-bond acceptors (Lipinski definition) is 4. The minimum absolute atomic E-state index is 0.231. The van der Waals surface area contributed by atoms with Crippen molar-refractivity contribution in [2.24, 2.45) is 0 Å². The van der Waals surface area contributed by atoms with Gasteiger partial charge in [-0.3, -0.25) is 0 Å². The second kappa shape index (κ2) is 11.5. The summed E-state index contributed by atoms with van der Waals surface area (Å²) in [7, 11) is 0. The third-order valence-electron chi connectivity index (χ3n) is 2.69. The molecule has 3 N–H and O–H groups in total. The predicted molar refractivity (Wildman–Crippen MR) is 79.5 cm³/mol. The maximum Gasteiger partial charge on any atom is 0.414 e. The van der Waals surface area contributed by atoms with Crippen LogP contribution in [0.1, 0.15) is 26.7 Å². The molecule has 0 aliphatic heterocycles. The molecule has 0 bridgehead atoms. The lowest BCUT2D eigenvalue weighted by molar-refractivity contribution is -0.159. The first kappa shape index (κ1) is 19.9. The Bertz CT molecular complexity index is 438. The fourth-order valence-corrected chi connectivity index (χ4v) is 1.29. The van der Waals surface area contributed by atoms with E-state index in [0.717, 1.165) is 25.1 Å². The molecule has 1 atom stereocenters. The van der Waals surface area contributed by atoms with E-state index in [1.165, 1.54) is 12.1 Å². The minimum atomic E-state index is -1.82. The van der Waals surface area contributed by atoms with Gasteiger partial charge in [0.1, 0.15) is 11.6 Å². The van der Waals surface area contributed by atoms with Gasteiger partial charge in [0.15, 0.2) is 0 Å². The van der Waals surface area contributed by atoms with E-state index in [2.05, 4.69) is 19.2 Å². The predicted octanol–water partition coefficient (Wildman–Crippen LogP) is 2.14. The summed E-state index contributed by atoms with van der Waals surface area (Å²) >= 11 is 0. The molecule has 7 heteroatoms. The van der Waals surface area contributed by atoms with Crippen LogP contribution in [0.2, 0.25) is 0 Å². The molecule has 22 heavy (non-hydrogen) atoms. The summed E-state index contributed by atoms with van der Waals surface area (Å²) in [6, 6.07) is 6.68. The van der Waals surface area contributed by atoms with Gasteiger partial charge in [-0.1, -0.05) is 6.92 Å².